The van der Waals surface area contributed by atoms with Gasteiger partial charge in [-0.25, -0.2) is 0 Å². The van der Waals surface area contributed by atoms with Crippen molar-refractivity contribution in [2.45, 2.75) is 26.8 Å². The zero-order valence-electron chi connectivity index (χ0n) is 11.6. The highest BCUT2D eigenvalue weighted by Gasteiger charge is 2.11. The van der Waals surface area contributed by atoms with Crippen LogP contribution >= 0.6 is 0 Å². The van der Waals surface area contributed by atoms with Crippen LogP contribution in [0.3, 0.4) is 0 Å². The van der Waals surface area contributed by atoms with E-state index >= 15 is 0 Å². The molecule has 0 aliphatic rings. The SMILES string of the molecule is CCCNCc1cccc(OCC)c1OCC(N)=O. The molecule has 1 rings (SSSR count). The van der Waals surface area contributed by atoms with Gasteiger partial charge in [-0.15, -0.1) is 0 Å². The maximum absolute atomic E-state index is 10.9. The van der Waals surface area contributed by atoms with E-state index in [1.807, 2.05) is 25.1 Å². The lowest BCUT2D eigenvalue weighted by Gasteiger charge is -2.15. The van der Waals surface area contributed by atoms with Crippen molar-refractivity contribution >= 4 is 5.91 Å². The van der Waals surface area contributed by atoms with Gasteiger partial charge in [0.1, 0.15) is 0 Å². The minimum atomic E-state index is -0.501. The number of nitrogens with one attached hydrogen (secondary N) is 1. The van der Waals surface area contributed by atoms with Crippen molar-refractivity contribution in [2.75, 3.05) is 19.8 Å². The van der Waals surface area contributed by atoms with Crippen molar-refractivity contribution in [3.8, 4) is 11.5 Å². The van der Waals surface area contributed by atoms with Crippen molar-refractivity contribution < 1.29 is 14.3 Å². The minimum absolute atomic E-state index is 0.148. The number of benzene rings is 1. The third-order valence-electron chi connectivity index (χ3n) is 2.46. The van der Waals surface area contributed by atoms with Crippen molar-refractivity contribution in [2.24, 2.45) is 5.73 Å². The Kier molecular flexibility index (Phi) is 6.74. The molecule has 0 saturated carbocycles. The fraction of sp³-hybridized carbons (Fsp3) is 0.500. The molecule has 1 aromatic carbocycles. The summed E-state index contributed by atoms with van der Waals surface area (Å²) in [6.07, 6.45) is 1.06. The van der Waals surface area contributed by atoms with Gasteiger partial charge in [-0.2, -0.15) is 0 Å². The number of ether oxygens (including phenoxy) is 2. The summed E-state index contributed by atoms with van der Waals surface area (Å²) in [5.41, 5.74) is 6.07. The van der Waals surface area contributed by atoms with Gasteiger partial charge in [0.15, 0.2) is 18.1 Å². The highest BCUT2D eigenvalue weighted by Crippen LogP contribution is 2.31. The first-order valence-corrected chi connectivity index (χ1v) is 6.55. The number of primary amides is 1. The van der Waals surface area contributed by atoms with Gasteiger partial charge in [0.05, 0.1) is 6.61 Å². The second kappa shape index (κ2) is 8.37. The summed E-state index contributed by atoms with van der Waals surface area (Å²) < 4.78 is 11.0. The summed E-state index contributed by atoms with van der Waals surface area (Å²) in [5.74, 6) is 0.727. The Morgan fingerprint density at radius 1 is 1.32 bits per heavy atom. The smallest absolute Gasteiger partial charge is 0.255 e. The fourth-order valence-electron chi connectivity index (χ4n) is 1.68. The van der Waals surface area contributed by atoms with Gasteiger partial charge in [0.2, 0.25) is 0 Å². The van der Waals surface area contributed by atoms with Crippen LogP contribution in [0.2, 0.25) is 0 Å². The van der Waals surface area contributed by atoms with Crippen LogP contribution in [0.25, 0.3) is 0 Å². The Balaban J connectivity index is 2.85. The Morgan fingerprint density at radius 2 is 2.11 bits per heavy atom. The second-order valence-electron chi connectivity index (χ2n) is 4.11. The van der Waals surface area contributed by atoms with E-state index in [-0.39, 0.29) is 6.61 Å². The van der Waals surface area contributed by atoms with Gasteiger partial charge >= 0.3 is 0 Å². The van der Waals surface area contributed by atoms with Gasteiger partial charge < -0.3 is 20.5 Å². The van der Waals surface area contributed by atoms with Gasteiger partial charge in [-0.05, 0) is 26.0 Å². The zero-order valence-corrected chi connectivity index (χ0v) is 11.6. The number of nitrogens with two attached hydrogens (primary N) is 1. The van der Waals surface area contributed by atoms with Crippen molar-refractivity contribution in [1.82, 2.24) is 5.32 Å². The van der Waals surface area contributed by atoms with Gasteiger partial charge in [-0.3, -0.25) is 4.79 Å². The zero-order chi connectivity index (χ0) is 14.1. The highest BCUT2D eigenvalue weighted by atomic mass is 16.5. The molecule has 5 heteroatoms. The molecule has 1 aromatic rings. The number of rotatable bonds is 9. The first-order chi connectivity index (χ1) is 9.19. The number of carbonyl (C=O) groups is 1. The third kappa shape index (κ3) is 5.18. The average molecular weight is 266 g/mol. The molecule has 0 atom stereocenters. The number of carbonyl (C=O) groups excluding carboxylic acids is 1. The van der Waals surface area contributed by atoms with E-state index in [4.69, 9.17) is 15.2 Å². The lowest BCUT2D eigenvalue weighted by atomic mass is 10.2. The van der Waals surface area contributed by atoms with Crippen LogP contribution in [0.5, 0.6) is 11.5 Å². The molecule has 0 saturated heterocycles. The molecule has 5 nitrogen and oxygen atoms in total. The lowest BCUT2D eigenvalue weighted by molar-refractivity contribution is -0.119. The highest BCUT2D eigenvalue weighted by molar-refractivity contribution is 5.75. The van der Waals surface area contributed by atoms with Gasteiger partial charge in [-0.1, -0.05) is 19.1 Å². The van der Waals surface area contributed by atoms with E-state index in [2.05, 4.69) is 12.2 Å². The largest absolute Gasteiger partial charge is 0.490 e. The predicted octanol–water partition coefficient (Wildman–Crippen LogP) is 1.45. The fourth-order valence-corrected chi connectivity index (χ4v) is 1.68. The van der Waals surface area contributed by atoms with Crippen molar-refractivity contribution in [3.63, 3.8) is 0 Å². The van der Waals surface area contributed by atoms with Crippen LogP contribution in [0.15, 0.2) is 18.2 Å². The van der Waals surface area contributed by atoms with E-state index in [1.54, 1.807) is 0 Å². The lowest BCUT2D eigenvalue weighted by Crippen LogP contribution is -2.21. The van der Waals surface area contributed by atoms with Crippen LogP contribution < -0.4 is 20.5 Å². The van der Waals surface area contributed by atoms with Crippen LogP contribution in [-0.2, 0) is 11.3 Å². The summed E-state index contributed by atoms with van der Waals surface area (Å²) in [5, 5.41) is 3.30. The average Bonchev–Trinajstić information content (AvgIpc) is 2.38. The molecule has 0 radical (unpaired) electrons. The molecule has 0 unspecified atom stereocenters. The maximum Gasteiger partial charge on any atom is 0.255 e. The quantitative estimate of drug-likeness (QED) is 0.663. The Morgan fingerprint density at radius 3 is 2.74 bits per heavy atom. The van der Waals surface area contributed by atoms with Crippen molar-refractivity contribution in [3.05, 3.63) is 23.8 Å². The minimum Gasteiger partial charge on any atom is -0.490 e. The standard InChI is InChI=1S/C14H22N2O3/c1-3-8-16-9-11-6-5-7-12(18-4-2)14(11)19-10-13(15)17/h5-7,16H,3-4,8-10H2,1-2H3,(H2,15,17). The number of amides is 1. The van der Waals surface area contributed by atoms with E-state index in [0.717, 1.165) is 18.5 Å². The van der Waals surface area contributed by atoms with Crippen LogP contribution in [0.1, 0.15) is 25.8 Å². The molecule has 3 N–H and O–H groups in total. The topological polar surface area (TPSA) is 73.6 Å². The second-order valence-corrected chi connectivity index (χ2v) is 4.11. The van der Waals surface area contributed by atoms with Crippen LogP contribution in [0.4, 0.5) is 0 Å². The predicted molar refractivity (Wildman–Crippen MR) is 74.3 cm³/mol. The molecule has 0 bridgehead atoms. The first-order valence-electron chi connectivity index (χ1n) is 6.55. The summed E-state index contributed by atoms with van der Waals surface area (Å²) in [4.78, 5) is 10.9. The molecule has 1 amide bonds. The summed E-state index contributed by atoms with van der Waals surface area (Å²) >= 11 is 0. The Bertz CT molecular complexity index is 408. The first kappa shape index (κ1) is 15.3. The van der Waals surface area contributed by atoms with E-state index < -0.39 is 5.91 Å². The molecular formula is C14H22N2O3. The summed E-state index contributed by atoms with van der Waals surface area (Å²) in [7, 11) is 0. The number of hydrogen-bond acceptors (Lipinski definition) is 4. The third-order valence-corrected chi connectivity index (χ3v) is 2.46. The molecule has 0 aliphatic carbocycles. The van der Waals surface area contributed by atoms with Gasteiger partial charge in [0, 0.05) is 12.1 Å². The summed E-state index contributed by atoms with van der Waals surface area (Å²) in [6.45, 7) is 5.99. The van der Waals surface area contributed by atoms with Crippen LogP contribution in [0, 0.1) is 0 Å². The van der Waals surface area contributed by atoms with E-state index in [9.17, 15) is 4.79 Å². The normalized spacial score (nSPS) is 10.2. The molecule has 19 heavy (non-hydrogen) atoms. The maximum atomic E-state index is 10.9. The number of para-hydroxylation sites is 1. The molecule has 0 aliphatic heterocycles. The van der Waals surface area contributed by atoms with E-state index in [0.29, 0.717) is 24.7 Å². The Labute approximate surface area is 114 Å². The molecule has 0 aromatic heterocycles. The monoisotopic (exact) mass is 266 g/mol. The molecule has 0 heterocycles. The molecular weight excluding hydrogens is 244 g/mol. The Hall–Kier alpha value is -1.75. The van der Waals surface area contributed by atoms with Crippen molar-refractivity contribution in [1.29, 1.82) is 0 Å². The van der Waals surface area contributed by atoms with Gasteiger partial charge in [0.25, 0.3) is 5.91 Å². The molecule has 0 fully saturated rings. The number of hydrogen-bond donors (Lipinski definition) is 2. The molecule has 106 valence electrons. The van der Waals surface area contributed by atoms with E-state index in [1.165, 1.54) is 0 Å². The van der Waals surface area contributed by atoms with Crippen LogP contribution in [-0.4, -0.2) is 25.7 Å². The molecule has 0 spiro atoms. The summed E-state index contributed by atoms with van der Waals surface area (Å²) in [6, 6.07) is 5.68.